The number of piperidine rings is 1. The molecule has 0 radical (unpaired) electrons. The van der Waals surface area contributed by atoms with Crippen molar-refractivity contribution in [2.75, 3.05) is 33.3 Å². The number of likely N-dealkylation sites (tertiary alicyclic amines) is 1. The summed E-state index contributed by atoms with van der Waals surface area (Å²) in [7, 11) is 1.69. The van der Waals surface area contributed by atoms with Crippen LogP contribution in [0.15, 0.2) is 24.3 Å². The molecule has 0 aromatic heterocycles. The van der Waals surface area contributed by atoms with Crippen molar-refractivity contribution in [2.24, 2.45) is 11.8 Å². The maximum Gasteiger partial charge on any atom is 0.317 e. The first-order chi connectivity index (χ1) is 11.5. The van der Waals surface area contributed by atoms with Crippen LogP contribution in [0.4, 0.5) is 4.79 Å². The molecule has 1 aliphatic rings. The molecule has 5 nitrogen and oxygen atoms in total. The van der Waals surface area contributed by atoms with Gasteiger partial charge in [0.1, 0.15) is 0 Å². The summed E-state index contributed by atoms with van der Waals surface area (Å²) in [5, 5.41) is 11.8. The van der Waals surface area contributed by atoms with E-state index in [1.54, 1.807) is 7.05 Å². The first kappa shape index (κ1) is 18.7. The van der Waals surface area contributed by atoms with E-state index in [1.165, 1.54) is 16.9 Å². The summed E-state index contributed by atoms with van der Waals surface area (Å²) in [4.78, 5) is 16.0. The van der Waals surface area contributed by atoms with Crippen molar-refractivity contribution in [3.05, 3.63) is 35.4 Å². The lowest BCUT2D eigenvalue weighted by Gasteiger charge is -2.35. The van der Waals surface area contributed by atoms with Crippen LogP contribution in [0.2, 0.25) is 0 Å². The second kappa shape index (κ2) is 9.04. The second-order valence-corrected chi connectivity index (χ2v) is 7.21. The number of hydrogen-bond donors (Lipinski definition) is 2. The van der Waals surface area contributed by atoms with Crippen molar-refractivity contribution >= 4 is 6.03 Å². The lowest BCUT2D eigenvalue weighted by molar-refractivity contribution is 0.134. The third-order valence-electron chi connectivity index (χ3n) is 4.67. The van der Waals surface area contributed by atoms with Crippen LogP contribution in [0, 0.1) is 11.8 Å². The van der Waals surface area contributed by atoms with Gasteiger partial charge in [-0.15, -0.1) is 0 Å². The highest BCUT2D eigenvalue weighted by Gasteiger charge is 2.22. The molecule has 2 rings (SSSR count). The summed E-state index contributed by atoms with van der Waals surface area (Å²) in [6.07, 6.45) is 1.31. The van der Waals surface area contributed by atoms with Gasteiger partial charge < -0.3 is 15.3 Å². The summed E-state index contributed by atoms with van der Waals surface area (Å²) in [5.41, 5.74) is 2.44. The van der Waals surface area contributed by atoms with Crippen LogP contribution in [0.25, 0.3) is 0 Å². The van der Waals surface area contributed by atoms with Crippen molar-refractivity contribution in [1.82, 2.24) is 15.1 Å². The molecule has 1 fully saturated rings. The van der Waals surface area contributed by atoms with Crippen molar-refractivity contribution in [1.29, 1.82) is 0 Å². The fourth-order valence-corrected chi connectivity index (χ4v) is 3.60. The standard InChI is InChI=1S/C19H31N3O2/c1-15-10-16(2)13-22(12-15)14-18-7-5-4-6-17(18)11-20-19(24)21(3)8-9-23/h4-7,15-16,23H,8-14H2,1-3H3,(H,20,24). The van der Waals surface area contributed by atoms with Crippen molar-refractivity contribution in [3.8, 4) is 0 Å². The third kappa shape index (κ3) is 5.49. The Labute approximate surface area is 145 Å². The fraction of sp³-hybridized carbons (Fsp3) is 0.632. The average molecular weight is 333 g/mol. The molecular formula is C19H31N3O2. The van der Waals surface area contributed by atoms with Gasteiger partial charge in [-0.2, -0.15) is 0 Å². The lowest BCUT2D eigenvalue weighted by atomic mass is 9.91. The minimum atomic E-state index is -0.154. The topological polar surface area (TPSA) is 55.8 Å². The van der Waals surface area contributed by atoms with Gasteiger partial charge in [0.2, 0.25) is 0 Å². The van der Waals surface area contributed by atoms with E-state index in [0.29, 0.717) is 13.1 Å². The van der Waals surface area contributed by atoms with Crippen molar-refractivity contribution in [2.45, 2.75) is 33.4 Å². The number of carbonyl (C=O) groups is 1. The van der Waals surface area contributed by atoms with Crippen LogP contribution in [0.1, 0.15) is 31.4 Å². The number of aliphatic hydroxyl groups excluding tert-OH is 1. The van der Waals surface area contributed by atoms with E-state index in [-0.39, 0.29) is 12.6 Å². The SMILES string of the molecule is CC1CC(C)CN(Cc2ccccc2CNC(=O)N(C)CCO)C1. The number of carbonyl (C=O) groups excluding carboxylic acids is 1. The van der Waals surface area contributed by atoms with E-state index in [2.05, 4.69) is 42.3 Å². The largest absolute Gasteiger partial charge is 0.395 e. The molecule has 0 bridgehead atoms. The van der Waals surface area contributed by atoms with E-state index in [1.807, 2.05) is 6.07 Å². The van der Waals surface area contributed by atoms with Crippen molar-refractivity contribution in [3.63, 3.8) is 0 Å². The Morgan fingerprint density at radius 2 is 1.88 bits per heavy atom. The fourth-order valence-electron chi connectivity index (χ4n) is 3.60. The summed E-state index contributed by atoms with van der Waals surface area (Å²) in [6, 6.07) is 8.17. The molecule has 0 aliphatic carbocycles. The summed E-state index contributed by atoms with van der Waals surface area (Å²) < 4.78 is 0. The molecule has 2 N–H and O–H groups in total. The highest BCUT2D eigenvalue weighted by Crippen LogP contribution is 2.23. The van der Waals surface area contributed by atoms with Crippen LogP contribution in [-0.2, 0) is 13.1 Å². The van der Waals surface area contributed by atoms with Gasteiger partial charge in [-0.25, -0.2) is 4.79 Å². The number of nitrogens with zero attached hydrogens (tertiary/aromatic N) is 2. The predicted octanol–water partition coefficient (Wildman–Crippen LogP) is 2.30. The Bertz CT molecular complexity index is 525. The first-order valence-corrected chi connectivity index (χ1v) is 8.88. The van der Waals surface area contributed by atoms with Crippen LogP contribution < -0.4 is 5.32 Å². The lowest BCUT2D eigenvalue weighted by Crippen LogP contribution is -2.39. The van der Waals surface area contributed by atoms with E-state index in [9.17, 15) is 4.79 Å². The highest BCUT2D eigenvalue weighted by atomic mass is 16.3. The maximum atomic E-state index is 12.0. The Morgan fingerprint density at radius 1 is 1.25 bits per heavy atom. The van der Waals surface area contributed by atoms with E-state index in [0.717, 1.165) is 37.0 Å². The van der Waals surface area contributed by atoms with Gasteiger partial charge in [-0.3, -0.25) is 4.90 Å². The zero-order chi connectivity index (χ0) is 17.5. The van der Waals surface area contributed by atoms with E-state index in [4.69, 9.17) is 5.11 Å². The van der Waals surface area contributed by atoms with Gasteiger partial charge >= 0.3 is 6.03 Å². The maximum absolute atomic E-state index is 12.0. The first-order valence-electron chi connectivity index (χ1n) is 8.88. The molecular weight excluding hydrogens is 302 g/mol. The van der Waals surface area contributed by atoms with E-state index >= 15 is 0 Å². The van der Waals surface area contributed by atoms with E-state index < -0.39 is 0 Å². The van der Waals surface area contributed by atoms with Crippen LogP contribution in [0.5, 0.6) is 0 Å². The summed E-state index contributed by atoms with van der Waals surface area (Å²) in [5.74, 6) is 1.49. The van der Waals surface area contributed by atoms with Gasteiger partial charge in [-0.05, 0) is 29.4 Å². The molecule has 5 heteroatoms. The molecule has 2 amide bonds. The number of urea groups is 1. The van der Waals surface area contributed by atoms with Crippen LogP contribution >= 0.6 is 0 Å². The van der Waals surface area contributed by atoms with Gasteiger partial charge in [-0.1, -0.05) is 38.1 Å². The molecule has 134 valence electrons. The van der Waals surface area contributed by atoms with Gasteiger partial charge in [0.25, 0.3) is 0 Å². The highest BCUT2D eigenvalue weighted by molar-refractivity contribution is 5.73. The summed E-state index contributed by atoms with van der Waals surface area (Å²) >= 11 is 0. The number of aliphatic hydroxyl groups is 1. The number of likely N-dealkylation sites (N-methyl/N-ethyl adjacent to an activating group) is 1. The van der Waals surface area contributed by atoms with Gasteiger partial charge in [0.05, 0.1) is 6.61 Å². The molecule has 1 aliphatic heterocycles. The number of benzene rings is 1. The molecule has 1 heterocycles. The van der Waals surface area contributed by atoms with Gasteiger partial charge in [0, 0.05) is 39.8 Å². The molecule has 0 saturated carbocycles. The molecule has 1 aromatic carbocycles. The number of nitrogens with one attached hydrogen (secondary N) is 1. The number of amides is 2. The average Bonchev–Trinajstić information content (AvgIpc) is 2.53. The molecule has 2 unspecified atom stereocenters. The Hall–Kier alpha value is -1.59. The molecule has 2 atom stereocenters. The zero-order valence-electron chi connectivity index (χ0n) is 15.2. The smallest absolute Gasteiger partial charge is 0.317 e. The Kier molecular flexibility index (Phi) is 7.06. The molecule has 24 heavy (non-hydrogen) atoms. The van der Waals surface area contributed by atoms with Crippen LogP contribution in [0.3, 0.4) is 0 Å². The summed E-state index contributed by atoms with van der Waals surface area (Å²) in [6.45, 7) is 8.71. The second-order valence-electron chi connectivity index (χ2n) is 7.21. The minimum absolute atomic E-state index is 0.0220. The number of rotatable bonds is 6. The van der Waals surface area contributed by atoms with Gasteiger partial charge in [0.15, 0.2) is 0 Å². The zero-order valence-corrected chi connectivity index (χ0v) is 15.2. The number of hydrogen-bond acceptors (Lipinski definition) is 3. The van der Waals surface area contributed by atoms with Crippen LogP contribution in [-0.4, -0.2) is 54.2 Å². The third-order valence-corrected chi connectivity index (χ3v) is 4.67. The molecule has 1 saturated heterocycles. The molecule has 1 aromatic rings. The Balaban J connectivity index is 1.96. The normalized spacial score (nSPS) is 21.5. The Morgan fingerprint density at radius 3 is 2.50 bits per heavy atom. The molecule has 0 spiro atoms. The minimum Gasteiger partial charge on any atom is -0.395 e. The quantitative estimate of drug-likeness (QED) is 0.840. The monoisotopic (exact) mass is 333 g/mol. The van der Waals surface area contributed by atoms with Crippen molar-refractivity contribution < 1.29 is 9.90 Å². The predicted molar refractivity (Wildman–Crippen MR) is 96.6 cm³/mol.